The Bertz CT molecular complexity index is 779. The number of amides is 3. The lowest BCUT2D eigenvalue weighted by molar-refractivity contribution is -0.151. The number of nitrogens with one attached hydrogen (secondary N) is 1. The van der Waals surface area contributed by atoms with Gasteiger partial charge in [0.1, 0.15) is 12.1 Å². The van der Waals surface area contributed by atoms with Crippen LogP contribution in [0.2, 0.25) is 0 Å². The Balaban J connectivity index is 3.19. The first-order chi connectivity index (χ1) is 17.2. The number of carboxylic acid groups (broad SMARTS) is 1. The Labute approximate surface area is 223 Å². The molecule has 0 aromatic rings. The maximum absolute atomic E-state index is 13.8. The Morgan fingerprint density at radius 2 is 1.65 bits per heavy atom. The van der Waals surface area contributed by atoms with Crippen LogP contribution in [0, 0.1) is 17.8 Å². The van der Waals surface area contributed by atoms with Crippen LogP contribution in [0.1, 0.15) is 67.2 Å². The summed E-state index contributed by atoms with van der Waals surface area (Å²) in [6.45, 7) is 12.1. The van der Waals surface area contributed by atoms with Crippen LogP contribution in [-0.2, 0) is 23.9 Å². The van der Waals surface area contributed by atoms with Crippen molar-refractivity contribution < 1.29 is 29.0 Å². The van der Waals surface area contributed by atoms with Gasteiger partial charge in [0.25, 0.3) is 0 Å². The fourth-order valence-corrected chi connectivity index (χ4v) is 5.45. The minimum Gasteiger partial charge on any atom is -0.480 e. The van der Waals surface area contributed by atoms with Crippen molar-refractivity contribution in [3.05, 3.63) is 0 Å². The van der Waals surface area contributed by atoms with Crippen LogP contribution in [0.25, 0.3) is 0 Å². The number of likely N-dealkylation sites (N-methyl/N-ethyl adjacent to an activating group) is 2. The lowest BCUT2D eigenvalue weighted by atomic mass is 9.89. The van der Waals surface area contributed by atoms with Crippen molar-refractivity contribution in [1.29, 1.82) is 0 Å². The zero-order chi connectivity index (χ0) is 28.6. The first-order valence-electron chi connectivity index (χ1n) is 13.5. The number of hydrogen-bond acceptors (Lipinski definition) is 6. The maximum Gasteiger partial charge on any atom is 0.326 e. The molecule has 0 unspecified atom stereocenters. The fourth-order valence-electron chi connectivity index (χ4n) is 5.45. The van der Waals surface area contributed by atoms with E-state index in [1.165, 1.54) is 12.0 Å². The molecule has 1 fully saturated rings. The molecule has 1 aliphatic heterocycles. The maximum atomic E-state index is 13.8. The van der Waals surface area contributed by atoms with Crippen LogP contribution in [-0.4, -0.2) is 109 Å². The summed E-state index contributed by atoms with van der Waals surface area (Å²) in [5, 5.41) is 12.5. The van der Waals surface area contributed by atoms with Gasteiger partial charge in [-0.2, -0.15) is 0 Å². The predicted octanol–water partition coefficient (Wildman–Crippen LogP) is 2.07. The van der Waals surface area contributed by atoms with Gasteiger partial charge in [-0.1, -0.05) is 48.0 Å². The summed E-state index contributed by atoms with van der Waals surface area (Å²) in [6, 6.07) is -2.38. The van der Waals surface area contributed by atoms with Gasteiger partial charge in [0.05, 0.1) is 24.6 Å². The standard InChI is InChI=1S/C27H50N4O6/c1-11-18(6)24(20(37-10)15-21(32)31-14-12-13-19(31)27(35)36)30(9)26(34)22(16(2)3)28-25(33)23(17(4)5)29(7)8/h16-20,22-24H,11-15H2,1-10H3,(H,28,33)(H,35,36)/t18-,19-,20+,22-,23-,24-/m0/s1. The van der Waals surface area contributed by atoms with E-state index < -0.39 is 30.2 Å². The molecule has 2 N–H and O–H groups in total. The minimum absolute atomic E-state index is 0.00532. The highest BCUT2D eigenvalue weighted by molar-refractivity contribution is 5.90. The second-order valence-corrected chi connectivity index (χ2v) is 11.3. The zero-order valence-electron chi connectivity index (χ0n) is 24.5. The summed E-state index contributed by atoms with van der Waals surface area (Å²) in [5.41, 5.74) is 0. The molecular weight excluding hydrogens is 476 g/mol. The fraction of sp³-hybridized carbons (Fsp3) is 0.852. The Kier molecular flexibility index (Phi) is 13.0. The molecule has 37 heavy (non-hydrogen) atoms. The highest BCUT2D eigenvalue weighted by Gasteiger charge is 2.41. The van der Waals surface area contributed by atoms with E-state index in [-0.39, 0.29) is 47.9 Å². The molecule has 1 aliphatic rings. The Morgan fingerprint density at radius 1 is 1.05 bits per heavy atom. The predicted molar refractivity (Wildman–Crippen MR) is 143 cm³/mol. The highest BCUT2D eigenvalue weighted by Crippen LogP contribution is 2.26. The van der Waals surface area contributed by atoms with Crippen molar-refractivity contribution in [1.82, 2.24) is 20.0 Å². The van der Waals surface area contributed by atoms with Crippen molar-refractivity contribution in [3.8, 4) is 0 Å². The number of nitrogens with zero attached hydrogens (tertiary/aromatic N) is 3. The summed E-state index contributed by atoms with van der Waals surface area (Å²) >= 11 is 0. The van der Waals surface area contributed by atoms with Crippen LogP contribution in [0.15, 0.2) is 0 Å². The van der Waals surface area contributed by atoms with Crippen molar-refractivity contribution in [2.24, 2.45) is 17.8 Å². The summed E-state index contributed by atoms with van der Waals surface area (Å²) < 4.78 is 5.77. The smallest absolute Gasteiger partial charge is 0.326 e. The second kappa shape index (κ2) is 14.7. The average molecular weight is 527 g/mol. The quantitative estimate of drug-likeness (QED) is 0.356. The largest absolute Gasteiger partial charge is 0.480 e. The third kappa shape index (κ3) is 8.40. The van der Waals surface area contributed by atoms with Gasteiger partial charge in [-0.3, -0.25) is 19.3 Å². The van der Waals surface area contributed by atoms with Gasteiger partial charge >= 0.3 is 5.97 Å². The number of carbonyl (C=O) groups is 4. The SMILES string of the molecule is CC[C@H](C)[C@@H]([C@@H](CC(=O)N1CCC[C@H]1C(=O)O)OC)N(C)C(=O)[C@@H](NC(=O)[C@H](C(C)C)N(C)C)C(C)C. The van der Waals surface area contributed by atoms with Gasteiger partial charge in [0.15, 0.2) is 0 Å². The van der Waals surface area contributed by atoms with E-state index in [9.17, 15) is 24.3 Å². The highest BCUT2D eigenvalue weighted by atomic mass is 16.5. The summed E-state index contributed by atoms with van der Waals surface area (Å²) in [5.74, 6) is -1.83. The van der Waals surface area contributed by atoms with Gasteiger partial charge in [-0.05, 0) is 44.7 Å². The first-order valence-corrected chi connectivity index (χ1v) is 13.5. The molecule has 0 spiro atoms. The van der Waals surface area contributed by atoms with Crippen molar-refractivity contribution in [2.75, 3.05) is 34.8 Å². The average Bonchev–Trinajstić information content (AvgIpc) is 3.31. The first kappa shape index (κ1) is 32.8. The van der Waals surface area contributed by atoms with Crippen LogP contribution in [0.5, 0.6) is 0 Å². The number of carboxylic acids is 1. The molecule has 0 aromatic carbocycles. The van der Waals surface area contributed by atoms with Crippen LogP contribution < -0.4 is 5.32 Å². The number of carbonyl (C=O) groups excluding carboxylic acids is 3. The van der Waals surface area contributed by atoms with Gasteiger partial charge in [0.2, 0.25) is 17.7 Å². The monoisotopic (exact) mass is 526 g/mol. The van der Waals surface area contributed by atoms with Crippen molar-refractivity contribution in [2.45, 2.75) is 97.5 Å². The van der Waals surface area contributed by atoms with Crippen LogP contribution in [0.3, 0.4) is 0 Å². The van der Waals surface area contributed by atoms with Crippen LogP contribution >= 0.6 is 0 Å². The molecule has 0 aliphatic carbocycles. The molecule has 10 heteroatoms. The molecule has 1 heterocycles. The van der Waals surface area contributed by atoms with Gasteiger partial charge < -0.3 is 25.0 Å². The molecule has 0 aromatic heterocycles. The number of methoxy groups -OCH3 is 1. The number of rotatable bonds is 14. The second-order valence-electron chi connectivity index (χ2n) is 11.3. The molecular formula is C27H50N4O6. The van der Waals surface area contributed by atoms with E-state index in [0.717, 1.165) is 6.42 Å². The van der Waals surface area contributed by atoms with E-state index in [1.807, 2.05) is 60.5 Å². The van der Waals surface area contributed by atoms with E-state index in [0.29, 0.717) is 19.4 Å². The number of aliphatic carboxylic acids is 1. The number of likely N-dealkylation sites (tertiary alicyclic amines) is 1. The molecule has 10 nitrogen and oxygen atoms in total. The van der Waals surface area contributed by atoms with E-state index in [2.05, 4.69) is 5.32 Å². The third-order valence-electron chi connectivity index (χ3n) is 7.63. The van der Waals surface area contributed by atoms with E-state index in [1.54, 1.807) is 11.9 Å². The van der Waals surface area contributed by atoms with Gasteiger partial charge in [-0.25, -0.2) is 4.79 Å². The number of ether oxygens (including phenoxy) is 1. The Hall–Kier alpha value is -2.20. The minimum atomic E-state index is -1.00. The molecule has 1 saturated heterocycles. The number of hydrogen-bond donors (Lipinski definition) is 2. The zero-order valence-corrected chi connectivity index (χ0v) is 24.5. The lowest BCUT2D eigenvalue weighted by Crippen LogP contribution is -2.59. The lowest BCUT2D eigenvalue weighted by Gasteiger charge is -2.40. The van der Waals surface area contributed by atoms with E-state index >= 15 is 0 Å². The molecule has 0 bridgehead atoms. The Morgan fingerprint density at radius 3 is 2.08 bits per heavy atom. The normalized spacial score (nSPS) is 20.0. The molecule has 214 valence electrons. The van der Waals surface area contributed by atoms with Crippen molar-refractivity contribution in [3.63, 3.8) is 0 Å². The topological polar surface area (TPSA) is 119 Å². The van der Waals surface area contributed by atoms with Crippen molar-refractivity contribution >= 4 is 23.7 Å². The van der Waals surface area contributed by atoms with Gasteiger partial charge in [-0.15, -0.1) is 0 Å². The molecule has 1 rings (SSSR count). The summed E-state index contributed by atoms with van der Waals surface area (Å²) in [6.07, 6.45) is 1.17. The molecule has 6 atom stereocenters. The third-order valence-corrected chi connectivity index (χ3v) is 7.63. The molecule has 0 saturated carbocycles. The molecule has 0 radical (unpaired) electrons. The molecule has 3 amide bonds. The summed E-state index contributed by atoms with van der Waals surface area (Å²) in [4.78, 5) is 56.6. The van der Waals surface area contributed by atoms with Crippen LogP contribution in [0.4, 0.5) is 0 Å². The summed E-state index contributed by atoms with van der Waals surface area (Å²) in [7, 11) is 6.89. The van der Waals surface area contributed by atoms with E-state index in [4.69, 9.17) is 4.74 Å². The van der Waals surface area contributed by atoms with Gasteiger partial charge in [0, 0.05) is 20.7 Å².